The van der Waals surface area contributed by atoms with Gasteiger partial charge in [-0.15, -0.1) is 0 Å². The molecule has 24 heavy (non-hydrogen) atoms. The Morgan fingerprint density at radius 2 is 1.83 bits per heavy atom. The molecule has 0 saturated carbocycles. The summed E-state index contributed by atoms with van der Waals surface area (Å²) in [5, 5.41) is 8.49. The van der Waals surface area contributed by atoms with Gasteiger partial charge < -0.3 is 10.2 Å². The molecule has 3 heterocycles. The van der Waals surface area contributed by atoms with Crippen molar-refractivity contribution in [2.24, 2.45) is 7.05 Å². The van der Waals surface area contributed by atoms with E-state index >= 15 is 0 Å². The van der Waals surface area contributed by atoms with Crippen LogP contribution in [0.3, 0.4) is 0 Å². The molecule has 4 rings (SSSR count). The highest BCUT2D eigenvalue weighted by molar-refractivity contribution is 5.95. The van der Waals surface area contributed by atoms with Crippen LogP contribution in [-0.2, 0) is 7.05 Å². The van der Waals surface area contributed by atoms with Crippen LogP contribution < -0.4 is 5.32 Å². The molecule has 1 saturated heterocycles. The summed E-state index contributed by atoms with van der Waals surface area (Å²) in [6.45, 7) is 3.26. The van der Waals surface area contributed by atoms with Crippen LogP contribution in [0.2, 0.25) is 0 Å². The monoisotopic (exact) mass is 321 g/mol. The lowest BCUT2D eigenvalue weighted by Gasteiger charge is -2.27. The van der Waals surface area contributed by atoms with Crippen molar-refractivity contribution in [1.82, 2.24) is 25.0 Å². The van der Waals surface area contributed by atoms with E-state index in [9.17, 15) is 4.79 Å². The van der Waals surface area contributed by atoms with E-state index in [4.69, 9.17) is 0 Å². The average Bonchev–Trinajstić information content (AvgIpc) is 3.02. The summed E-state index contributed by atoms with van der Waals surface area (Å²) in [6, 6.07) is 9.83. The third-order valence-corrected chi connectivity index (χ3v) is 4.44. The number of hydrogen-bond donors (Lipinski definition) is 1. The molecule has 0 atom stereocenters. The third-order valence-electron chi connectivity index (χ3n) is 4.44. The minimum absolute atomic E-state index is 0.101. The van der Waals surface area contributed by atoms with Crippen LogP contribution in [0.25, 0.3) is 22.2 Å². The first kappa shape index (κ1) is 14.8. The molecule has 6 nitrogen and oxygen atoms in total. The number of pyridine rings is 1. The van der Waals surface area contributed by atoms with Gasteiger partial charge in [0, 0.05) is 55.9 Å². The molecule has 6 heteroatoms. The molecule has 0 unspecified atom stereocenters. The molecule has 0 bridgehead atoms. The van der Waals surface area contributed by atoms with E-state index in [1.807, 2.05) is 48.6 Å². The van der Waals surface area contributed by atoms with Crippen LogP contribution in [0.1, 0.15) is 10.4 Å². The van der Waals surface area contributed by atoms with Crippen molar-refractivity contribution in [3.05, 3.63) is 48.3 Å². The van der Waals surface area contributed by atoms with Gasteiger partial charge in [-0.3, -0.25) is 9.48 Å². The second kappa shape index (κ2) is 6.05. The van der Waals surface area contributed by atoms with E-state index in [2.05, 4.69) is 21.5 Å². The van der Waals surface area contributed by atoms with Crippen molar-refractivity contribution in [1.29, 1.82) is 0 Å². The number of nitrogens with one attached hydrogen (secondary N) is 1. The maximum absolute atomic E-state index is 12.5. The molecule has 2 aromatic heterocycles. The summed E-state index contributed by atoms with van der Waals surface area (Å²) in [7, 11) is 1.88. The Morgan fingerprint density at radius 1 is 1.08 bits per heavy atom. The van der Waals surface area contributed by atoms with E-state index in [-0.39, 0.29) is 5.91 Å². The standard InChI is InChI=1S/C18H19N5O/c1-22-17-16(12-21-22)10-15(11-20-17)13-2-4-14(5-3-13)18(24)23-8-6-19-7-9-23/h2-5,10-12,19H,6-9H2,1H3. The molecule has 0 radical (unpaired) electrons. The topological polar surface area (TPSA) is 63.1 Å². The summed E-state index contributed by atoms with van der Waals surface area (Å²) in [4.78, 5) is 18.9. The molecular weight excluding hydrogens is 302 g/mol. The fraction of sp³-hybridized carbons (Fsp3) is 0.278. The third kappa shape index (κ3) is 2.65. The number of amides is 1. The minimum atomic E-state index is 0.101. The van der Waals surface area contributed by atoms with Gasteiger partial charge in [0.1, 0.15) is 0 Å². The summed E-state index contributed by atoms with van der Waals surface area (Å²) in [5.41, 5.74) is 3.67. The van der Waals surface area contributed by atoms with Crippen LogP contribution in [0.5, 0.6) is 0 Å². The smallest absolute Gasteiger partial charge is 0.253 e. The van der Waals surface area contributed by atoms with Gasteiger partial charge in [-0.2, -0.15) is 5.10 Å². The van der Waals surface area contributed by atoms with Crippen LogP contribution in [0.4, 0.5) is 0 Å². The summed E-state index contributed by atoms with van der Waals surface area (Å²) in [5.74, 6) is 0.101. The first-order valence-corrected chi connectivity index (χ1v) is 8.10. The van der Waals surface area contributed by atoms with Gasteiger partial charge in [-0.1, -0.05) is 12.1 Å². The quantitative estimate of drug-likeness (QED) is 0.780. The molecule has 0 spiro atoms. The predicted molar refractivity (Wildman–Crippen MR) is 92.7 cm³/mol. The van der Waals surface area contributed by atoms with E-state index in [1.165, 1.54) is 0 Å². The molecule has 0 aliphatic carbocycles. The predicted octanol–water partition coefficient (Wildman–Crippen LogP) is 1.68. The van der Waals surface area contributed by atoms with E-state index < -0.39 is 0 Å². The maximum atomic E-state index is 12.5. The first-order chi connectivity index (χ1) is 11.7. The molecule has 1 fully saturated rings. The van der Waals surface area contributed by atoms with Crippen molar-refractivity contribution >= 4 is 16.9 Å². The van der Waals surface area contributed by atoms with Crippen molar-refractivity contribution in [2.75, 3.05) is 26.2 Å². The van der Waals surface area contributed by atoms with Crippen LogP contribution >= 0.6 is 0 Å². The average molecular weight is 321 g/mol. The van der Waals surface area contributed by atoms with Gasteiger partial charge in [0.15, 0.2) is 5.65 Å². The lowest BCUT2D eigenvalue weighted by atomic mass is 10.0. The van der Waals surface area contributed by atoms with E-state index in [1.54, 1.807) is 4.68 Å². The molecule has 1 aliphatic rings. The highest BCUT2D eigenvalue weighted by atomic mass is 16.2. The first-order valence-electron chi connectivity index (χ1n) is 8.10. The Bertz CT molecular complexity index is 878. The van der Waals surface area contributed by atoms with Crippen LogP contribution in [0, 0.1) is 0 Å². The van der Waals surface area contributed by atoms with Crippen molar-refractivity contribution < 1.29 is 4.79 Å². The van der Waals surface area contributed by atoms with Gasteiger partial charge in [0.25, 0.3) is 5.91 Å². The highest BCUT2D eigenvalue weighted by Crippen LogP contribution is 2.23. The normalized spacial score (nSPS) is 15.0. The molecule has 1 N–H and O–H groups in total. The Hall–Kier alpha value is -2.73. The van der Waals surface area contributed by atoms with Gasteiger partial charge in [0.2, 0.25) is 0 Å². The molecular formula is C18H19N5O. The number of carbonyl (C=O) groups excluding carboxylic acids is 1. The van der Waals surface area contributed by atoms with Crippen LogP contribution in [-0.4, -0.2) is 51.8 Å². The Kier molecular flexibility index (Phi) is 3.74. The SMILES string of the molecule is Cn1ncc2cc(-c3ccc(C(=O)N4CCNCC4)cc3)cnc21. The molecule has 1 amide bonds. The lowest BCUT2D eigenvalue weighted by Crippen LogP contribution is -2.46. The summed E-state index contributed by atoms with van der Waals surface area (Å²) in [6.07, 6.45) is 3.66. The molecule has 3 aromatic rings. The number of fused-ring (bicyclic) bond motifs is 1. The Balaban J connectivity index is 1.59. The number of aryl methyl sites for hydroxylation is 1. The van der Waals surface area contributed by atoms with Gasteiger partial charge in [-0.25, -0.2) is 4.98 Å². The number of hydrogen-bond acceptors (Lipinski definition) is 4. The summed E-state index contributed by atoms with van der Waals surface area (Å²) >= 11 is 0. The van der Waals surface area contributed by atoms with Gasteiger partial charge >= 0.3 is 0 Å². The molecule has 1 aliphatic heterocycles. The number of piperazine rings is 1. The highest BCUT2D eigenvalue weighted by Gasteiger charge is 2.17. The number of benzene rings is 1. The fourth-order valence-corrected chi connectivity index (χ4v) is 3.06. The van der Waals surface area contributed by atoms with Crippen LogP contribution in [0.15, 0.2) is 42.7 Å². The van der Waals surface area contributed by atoms with Gasteiger partial charge in [-0.05, 0) is 23.8 Å². The second-order valence-electron chi connectivity index (χ2n) is 6.02. The van der Waals surface area contributed by atoms with Crippen molar-refractivity contribution in [3.8, 4) is 11.1 Å². The molecule has 1 aromatic carbocycles. The lowest BCUT2D eigenvalue weighted by molar-refractivity contribution is 0.0736. The number of aromatic nitrogens is 3. The zero-order valence-corrected chi connectivity index (χ0v) is 13.6. The molecule has 122 valence electrons. The number of nitrogens with zero attached hydrogens (tertiary/aromatic N) is 4. The minimum Gasteiger partial charge on any atom is -0.336 e. The Morgan fingerprint density at radius 3 is 2.58 bits per heavy atom. The number of rotatable bonds is 2. The Labute approximate surface area is 140 Å². The fourth-order valence-electron chi connectivity index (χ4n) is 3.06. The maximum Gasteiger partial charge on any atom is 0.253 e. The number of carbonyl (C=O) groups is 1. The summed E-state index contributed by atoms with van der Waals surface area (Å²) < 4.78 is 1.76. The zero-order chi connectivity index (χ0) is 16.5. The van der Waals surface area contributed by atoms with Crippen molar-refractivity contribution in [3.63, 3.8) is 0 Å². The van der Waals surface area contributed by atoms with E-state index in [0.717, 1.165) is 53.9 Å². The van der Waals surface area contributed by atoms with Crippen molar-refractivity contribution in [2.45, 2.75) is 0 Å². The van der Waals surface area contributed by atoms with Gasteiger partial charge in [0.05, 0.1) is 6.20 Å². The largest absolute Gasteiger partial charge is 0.336 e. The second-order valence-corrected chi connectivity index (χ2v) is 6.02. The zero-order valence-electron chi connectivity index (χ0n) is 13.6. The van der Waals surface area contributed by atoms with E-state index in [0.29, 0.717) is 0 Å².